The van der Waals surface area contributed by atoms with Gasteiger partial charge in [-0.3, -0.25) is 4.79 Å². The number of ether oxygens (including phenoxy) is 1. The number of halogens is 2. The largest absolute Gasteiger partial charge is 0.493 e. The van der Waals surface area contributed by atoms with Crippen LogP contribution in [-0.4, -0.2) is 31.4 Å². The monoisotopic (exact) mass is 579 g/mol. The van der Waals surface area contributed by atoms with E-state index in [2.05, 4.69) is 41.8 Å². The molecule has 0 saturated carbocycles. The van der Waals surface area contributed by atoms with Crippen molar-refractivity contribution in [3.8, 4) is 22.9 Å². The Morgan fingerprint density at radius 1 is 1.09 bits per heavy atom. The van der Waals surface area contributed by atoms with Crippen molar-refractivity contribution in [1.82, 2.24) is 9.97 Å². The fourth-order valence-electron chi connectivity index (χ4n) is 3.09. The van der Waals surface area contributed by atoms with Crippen LogP contribution in [0.2, 0.25) is 0 Å². The average molecular weight is 581 g/mol. The quantitative estimate of drug-likeness (QED) is 0.320. The van der Waals surface area contributed by atoms with E-state index in [1.807, 2.05) is 0 Å². The maximum Gasteiger partial charge on any atom is 0.339 e. The number of fused-ring (bicyclic) bond motifs is 1. The van der Waals surface area contributed by atoms with E-state index >= 15 is 0 Å². The molecule has 8 nitrogen and oxygen atoms in total. The van der Waals surface area contributed by atoms with E-state index < -0.39 is 16.0 Å². The normalized spacial score (nSPS) is 11.5. The molecule has 0 fully saturated rings. The van der Waals surface area contributed by atoms with Gasteiger partial charge in [0.2, 0.25) is 0 Å². The van der Waals surface area contributed by atoms with Crippen LogP contribution in [-0.2, 0) is 10.1 Å². The zero-order chi connectivity index (χ0) is 23.0. The lowest BCUT2D eigenvalue weighted by molar-refractivity contribution is 0.100. The predicted molar refractivity (Wildman–Crippen MR) is 126 cm³/mol. The summed E-state index contributed by atoms with van der Waals surface area (Å²) in [5, 5.41) is 0. The Bertz CT molecular complexity index is 1470. The maximum atomic E-state index is 12.8. The van der Waals surface area contributed by atoms with Crippen LogP contribution in [0.5, 0.6) is 11.5 Å². The summed E-state index contributed by atoms with van der Waals surface area (Å²) in [6, 6.07) is 14.5. The number of para-hydroxylation sites is 1. The first kappa shape index (κ1) is 22.3. The third kappa shape index (κ3) is 4.23. The van der Waals surface area contributed by atoms with Crippen LogP contribution in [0.3, 0.4) is 0 Å². The molecule has 0 bridgehead atoms. The molecule has 0 spiro atoms. The van der Waals surface area contributed by atoms with E-state index in [1.165, 1.54) is 19.2 Å². The second kappa shape index (κ2) is 8.57. The zero-order valence-electron chi connectivity index (χ0n) is 16.4. The van der Waals surface area contributed by atoms with Gasteiger partial charge in [0.1, 0.15) is 16.2 Å². The Labute approximate surface area is 200 Å². The molecule has 0 aliphatic heterocycles. The highest BCUT2D eigenvalue weighted by Gasteiger charge is 2.23. The van der Waals surface area contributed by atoms with Gasteiger partial charge in [-0.1, -0.05) is 28.1 Å². The minimum Gasteiger partial charge on any atom is -0.493 e. The Morgan fingerprint density at radius 3 is 2.53 bits per heavy atom. The number of amides is 1. The van der Waals surface area contributed by atoms with Crippen LogP contribution in [0.25, 0.3) is 22.4 Å². The number of aromatic amines is 1. The number of aromatic nitrogens is 2. The Hall–Kier alpha value is -2.89. The van der Waals surface area contributed by atoms with Crippen molar-refractivity contribution in [2.75, 3.05) is 7.11 Å². The van der Waals surface area contributed by atoms with Gasteiger partial charge in [0.05, 0.1) is 22.7 Å². The summed E-state index contributed by atoms with van der Waals surface area (Å²) >= 11 is 6.62. The van der Waals surface area contributed by atoms with Crippen molar-refractivity contribution in [3.63, 3.8) is 0 Å². The van der Waals surface area contributed by atoms with Crippen LogP contribution in [0, 0.1) is 0 Å². The SMILES string of the molecule is COc1cc(-c2nc3c(C(N)=O)cccc3[nH]2)cc(Br)c1OS(=O)(=O)c1cccc(Br)c1. The van der Waals surface area contributed by atoms with E-state index in [1.54, 1.807) is 42.5 Å². The highest BCUT2D eigenvalue weighted by atomic mass is 79.9. The van der Waals surface area contributed by atoms with E-state index in [-0.39, 0.29) is 22.0 Å². The fraction of sp³-hybridized carbons (Fsp3) is 0.0476. The molecule has 4 rings (SSSR count). The number of methoxy groups -OCH3 is 1. The molecule has 1 amide bonds. The first-order chi connectivity index (χ1) is 15.2. The van der Waals surface area contributed by atoms with Crippen LogP contribution >= 0.6 is 31.9 Å². The lowest BCUT2D eigenvalue weighted by Crippen LogP contribution is -2.11. The van der Waals surface area contributed by atoms with Gasteiger partial charge in [0.15, 0.2) is 11.5 Å². The highest BCUT2D eigenvalue weighted by Crippen LogP contribution is 2.41. The molecule has 0 aliphatic carbocycles. The van der Waals surface area contributed by atoms with E-state index in [9.17, 15) is 13.2 Å². The van der Waals surface area contributed by atoms with E-state index in [0.717, 1.165) is 0 Å². The molecule has 4 aromatic rings. The van der Waals surface area contributed by atoms with Crippen molar-refractivity contribution in [3.05, 3.63) is 69.1 Å². The van der Waals surface area contributed by atoms with Gasteiger partial charge < -0.3 is 19.6 Å². The van der Waals surface area contributed by atoms with Crippen molar-refractivity contribution in [1.29, 1.82) is 0 Å². The number of nitrogens with one attached hydrogen (secondary N) is 1. The van der Waals surface area contributed by atoms with Gasteiger partial charge in [0, 0.05) is 10.0 Å². The number of nitrogens with two attached hydrogens (primary N) is 1. The molecule has 0 aliphatic rings. The summed E-state index contributed by atoms with van der Waals surface area (Å²) in [6.07, 6.45) is 0. The molecule has 0 atom stereocenters. The van der Waals surface area contributed by atoms with Gasteiger partial charge in [-0.25, -0.2) is 4.98 Å². The molecular formula is C21H15Br2N3O5S. The third-order valence-electron chi connectivity index (χ3n) is 4.56. The summed E-state index contributed by atoms with van der Waals surface area (Å²) < 4.78 is 37.2. The maximum absolute atomic E-state index is 12.8. The Kier molecular flexibility index (Phi) is 5.97. The molecule has 0 saturated heterocycles. The van der Waals surface area contributed by atoms with Gasteiger partial charge >= 0.3 is 10.1 Å². The first-order valence-electron chi connectivity index (χ1n) is 9.06. The number of imidazole rings is 1. The van der Waals surface area contributed by atoms with Gasteiger partial charge in [-0.15, -0.1) is 0 Å². The molecule has 11 heteroatoms. The van der Waals surface area contributed by atoms with E-state index in [4.69, 9.17) is 14.7 Å². The number of primary amides is 1. The second-order valence-corrected chi connectivity index (χ2v) is 9.95. The standard InChI is InChI=1S/C21H15Br2N3O5S/c1-30-17-9-11(21-25-16-7-3-6-14(20(24)27)18(16)26-21)8-15(23)19(17)31-32(28,29)13-5-2-4-12(22)10-13/h2-10H,1H3,(H2,24,27)(H,25,26). The number of hydrogen-bond acceptors (Lipinski definition) is 6. The van der Waals surface area contributed by atoms with Gasteiger partial charge in [-0.2, -0.15) is 8.42 Å². The lowest BCUT2D eigenvalue weighted by atomic mass is 10.2. The predicted octanol–water partition coefficient (Wildman–Crippen LogP) is 4.63. The summed E-state index contributed by atoms with van der Waals surface area (Å²) in [4.78, 5) is 19.3. The van der Waals surface area contributed by atoms with Crippen molar-refractivity contribution < 1.29 is 22.1 Å². The van der Waals surface area contributed by atoms with E-state index in [0.29, 0.717) is 31.4 Å². The third-order valence-corrected chi connectivity index (χ3v) is 6.86. The first-order valence-corrected chi connectivity index (χ1v) is 12.1. The minimum atomic E-state index is -4.12. The molecule has 164 valence electrons. The van der Waals surface area contributed by atoms with Gasteiger partial charge in [-0.05, 0) is 58.4 Å². The Morgan fingerprint density at radius 2 is 1.84 bits per heavy atom. The second-order valence-electron chi connectivity index (χ2n) is 6.64. The number of carbonyl (C=O) groups is 1. The van der Waals surface area contributed by atoms with Crippen molar-refractivity contribution >= 4 is 58.9 Å². The van der Waals surface area contributed by atoms with Crippen LogP contribution in [0.1, 0.15) is 10.4 Å². The summed E-state index contributed by atoms with van der Waals surface area (Å²) in [6.45, 7) is 0. The van der Waals surface area contributed by atoms with Crippen molar-refractivity contribution in [2.24, 2.45) is 5.73 Å². The minimum absolute atomic E-state index is 0.00911. The topological polar surface area (TPSA) is 124 Å². The number of nitrogens with zero attached hydrogens (tertiary/aromatic N) is 1. The molecule has 0 radical (unpaired) electrons. The molecule has 1 aromatic heterocycles. The van der Waals surface area contributed by atoms with Gasteiger partial charge in [0.25, 0.3) is 5.91 Å². The molecule has 32 heavy (non-hydrogen) atoms. The fourth-order valence-corrected chi connectivity index (χ4v) is 5.27. The summed E-state index contributed by atoms with van der Waals surface area (Å²) in [7, 11) is -2.72. The highest BCUT2D eigenvalue weighted by molar-refractivity contribution is 9.10. The van der Waals surface area contributed by atoms with Crippen LogP contribution < -0.4 is 14.7 Å². The number of rotatable bonds is 6. The molecular weight excluding hydrogens is 566 g/mol. The lowest BCUT2D eigenvalue weighted by Gasteiger charge is -2.14. The average Bonchev–Trinajstić information content (AvgIpc) is 3.19. The molecule has 0 unspecified atom stereocenters. The zero-order valence-corrected chi connectivity index (χ0v) is 20.4. The van der Waals surface area contributed by atoms with Crippen molar-refractivity contribution in [2.45, 2.75) is 4.90 Å². The number of carbonyl (C=O) groups excluding carboxylic acids is 1. The van der Waals surface area contributed by atoms with Crippen LogP contribution in [0.15, 0.2) is 68.4 Å². The molecule has 3 N–H and O–H groups in total. The number of H-pyrrole nitrogens is 1. The molecule has 3 aromatic carbocycles. The molecule has 1 heterocycles. The smallest absolute Gasteiger partial charge is 0.339 e. The number of benzene rings is 3. The summed E-state index contributed by atoms with van der Waals surface area (Å²) in [5.41, 5.74) is 7.36. The summed E-state index contributed by atoms with van der Waals surface area (Å²) in [5.74, 6) is 0.0108. The number of hydrogen-bond donors (Lipinski definition) is 2. The Balaban J connectivity index is 1.77. The van der Waals surface area contributed by atoms with Crippen LogP contribution in [0.4, 0.5) is 0 Å².